The maximum Gasteiger partial charge on any atom is 0.123 e. The lowest BCUT2D eigenvalue weighted by molar-refractivity contribution is 0.271. The van der Waals surface area contributed by atoms with E-state index in [9.17, 15) is 0 Å². The molecule has 1 fully saturated rings. The van der Waals surface area contributed by atoms with Crippen LogP contribution in [0.2, 0.25) is 0 Å². The third kappa shape index (κ3) is 4.72. The van der Waals surface area contributed by atoms with E-state index in [1.54, 1.807) is 7.11 Å². The van der Waals surface area contributed by atoms with Crippen LogP contribution in [-0.2, 0) is 13.1 Å². The van der Waals surface area contributed by atoms with Crippen molar-refractivity contribution in [1.29, 1.82) is 0 Å². The topological polar surface area (TPSA) is 38.5 Å². The largest absolute Gasteiger partial charge is 0.496 e. The van der Waals surface area contributed by atoms with Crippen LogP contribution in [0.1, 0.15) is 50.2 Å². The second-order valence-electron chi connectivity index (χ2n) is 6.21. The van der Waals surface area contributed by atoms with E-state index in [-0.39, 0.29) is 0 Å². The molecule has 0 bridgehead atoms. The number of nitrogens with zero attached hydrogens (tertiary/aromatic N) is 1. The van der Waals surface area contributed by atoms with Gasteiger partial charge in [-0.3, -0.25) is 4.90 Å². The first-order valence-electron chi connectivity index (χ1n) is 8.35. The van der Waals surface area contributed by atoms with Crippen LogP contribution in [0.5, 0.6) is 5.75 Å². The molecule has 1 atom stereocenters. The van der Waals surface area contributed by atoms with Crippen molar-refractivity contribution in [1.82, 2.24) is 4.90 Å². The molecule has 3 heteroatoms. The smallest absolute Gasteiger partial charge is 0.123 e. The molecule has 1 saturated heterocycles. The van der Waals surface area contributed by atoms with Gasteiger partial charge in [0.15, 0.2) is 0 Å². The minimum Gasteiger partial charge on any atom is -0.496 e. The maximum atomic E-state index is 5.73. The van der Waals surface area contributed by atoms with Gasteiger partial charge in [0.05, 0.1) is 7.11 Å². The molecular formula is C18H30N2O. The Balaban J connectivity index is 1.95. The summed E-state index contributed by atoms with van der Waals surface area (Å²) < 4.78 is 5.44. The van der Waals surface area contributed by atoms with Crippen molar-refractivity contribution >= 4 is 0 Å². The predicted molar refractivity (Wildman–Crippen MR) is 88.4 cm³/mol. The Kier molecular flexibility index (Phi) is 6.52. The number of benzene rings is 1. The average molecular weight is 290 g/mol. The van der Waals surface area contributed by atoms with Crippen LogP contribution in [-0.4, -0.2) is 25.1 Å². The summed E-state index contributed by atoms with van der Waals surface area (Å²) in [6.45, 7) is 6.31. The Bertz CT molecular complexity index is 433. The standard InChI is InChI=1S/C18H30N2O/c1-3-5-15-6-4-10-20(11-9-15)14-16-7-8-17(13-19)18(12-16)21-2/h7-8,12,15H,3-6,9-11,13-14,19H2,1-2H3. The SMILES string of the molecule is CCCC1CCCN(Cc2ccc(CN)c(OC)c2)CC1. The Morgan fingerprint density at radius 2 is 2.14 bits per heavy atom. The highest BCUT2D eigenvalue weighted by Crippen LogP contribution is 2.24. The van der Waals surface area contributed by atoms with Crippen LogP contribution in [0, 0.1) is 5.92 Å². The lowest BCUT2D eigenvalue weighted by atomic mass is 9.96. The molecule has 0 aromatic heterocycles. The molecule has 0 aliphatic carbocycles. The molecule has 1 aliphatic rings. The zero-order valence-corrected chi connectivity index (χ0v) is 13.6. The van der Waals surface area contributed by atoms with Gasteiger partial charge in [-0.15, -0.1) is 0 Å². The summed E-state index contributed by atoms with van der Waals surface area (Å²) in [4.78, 5) is 2.59. The Morgan fingerprint density at radius 3 is 2.86 bits per heavy atom. The molecule has 0 saturated carbocycles. The van der Waals surface area contributed by atoms with Gasteiger partial charge in [-0.2, -0.15) is 0 Å². The monoisotopic (exact) mass is 290 g/mol. The molecule has 0 radical (unpaired) electrons. The third-order valence-corrected chi connectivity index (χ3v) is 4.61. The fourth-order valence-electron chi connectivity index (χ4n) is 3.39. The molecule has 0 amide bonds. The van der Waals surface area contributed by atoms with E-state index in [2.05, 4.69) is 30.0 Å². The zero-order valence-electron chi connectivity index (χ0n) is 13.6. The van der Waals surface area contributed by atoms with Crippen LogP contribution < -0.4 is 10.5 Å². The fraction of sp³-hybridized carbons (Fsp3) is 0.667. The quantitative estimate of drug-likeness (QED) is 0.870. The van der Waals surface area contributed by atoms with Gasteiger partial charge in [0, 0.05) is 18.7 Å². The van der Waals surface area contributed by atoms with Crippen molar-refractivity contribution in [2.45, 2.75) is 52.1 Å². The van der Waals surface area contributed by atoms with Gasteiger partial charge in [0.1, 0.15) is 5.75 Å². The number of methoxy groups -OCH3 is 1. The van der Waals surface area contributed by atoms with E-state index in [4.69, 9.17) is 10.5 Å². The molecule has 21 heavy (non-hydrogen) atoms. The Labute approximate surface area is 129 Å². The van der Waals surface area contributed by atoms with Gasteiger partial charge in [-0.1, -0.05) is 31.9 Å². The third-order valence-electron chi connectivity index (χ3n) is 4.61. The van der Waals surface area contributed by atoms with Crippen molar-refractivity contribution in [2.24, 2.45) is 11.7 Å². The minimum absolute atomic E-state index is 0.534. The molecule has 1 heterocycles. The molecule has 2 rings (SSSR count). The lowest BCUT2D eigenvalue weighted by Crippen LogP contribution is -2.24. The summed E-state index contributed by atoms with van der Waals surface area (Å²) in [6.07, 6.45) is 6.81. The number of nitrogens with two attached hydrogens (primary N) is 1. The van der Waals surface area contributed by atoms with Crippen LogP contribution in [0.3, 0.4) is 0 Å². The van der Waals surface area contributed by atoms with E-state index in [0.717, 1.165) is 23.8 Å². The van der Waals surface area contributed by atoms with Gasteiger partial charge >= 0.3 is 0 Å². The lowest BCUT2D eigenvalue weighted by Gasteiger charge is -2.21. The predicted octanol–water partition coefficient (Wildman–Crippen LogP) is 3.56. The van der Waals surface area contributed by atoms with Gasteiger partial charge in [0.25, 0.3) is 0 Å². The molecule has 0 spiro atoms. The first-order valence-corrected chi connectivity index (χ1v) is 8.35. The molecule has 1 aromatic carbocycles. The molecular weight excluding hydrogens is 260 g/mol. The summed E-state index contributed by atoms with van der Waals surface area (Å²) in [5.74, 6) is 1.86. The summed E-state index contributed by atoms with van der Waals surface area (Å²) in [6, 6.07) is 6.45. The molecule has 2 N–H and O–H groups in total. The number of hydrogen-bond acceptors (Lipinski definition) is 3. The number of rotatable bonds is 6. The summed E-state index contributed by atoms with van der Waals surface area (Å²) in [5, 5.41) is 0. The first kappa shape index (κ1) is 16.3. The highest BCUT2D eigenvalue weighted by molar-refractivity contribution is 5.37. The van der Waals surface area contributed by atoms with Crippen LogP contribution >= 0.6 is 0 Å². The molecule has 1 unspecified atom stereocenters. The van der Waals surface area contributed by atoms with E-state index in [0.29, 0.717) is 6.54 Å². The molecule has 1 aliphatic heterocycles. The summed E-state index contributed by atoms with van der Waals surface area (Å²) in [7, 11) is 1.72. The van der Waals surface area contributed by atoms with E-state index in [1.807, 2.05) is 0 Å². The van der Waals surface area contributed by atoms with Gasteiger partial charge in [-0.25, -0.2) is 0 Å². The second kappa shape index (κ2) is 8.40. The van der Waals surface area contributed by atoms with Crippen molar-refractivity contribution in [3.05, 3.63) is 29.3 Å². The van der Waals surface area contributed by atoms with E-state index < -0.39 is 0 Å². The number of hydrogen-bond donors (Lipinski definition) is 1. The van der Waals surface area contributed by atoms with Crippen LogP contribution in [0.4, 0.5) is 0 Å². The highest BCUT2D eigenvalue weighted by Gasteiger charge is 2.16. The summed E-state index contributed by atoms with van der Waals surface area (Å²) in [5.41, 5.74) is 8.15. The number of ether oxygens (including phenoxy) is 1. The van der Waals surface area contributed by atoms with Crippen molar-refractivity contribution in [3.8, 4) is 5.75 Å². The fourth-order valence-corrected chi connectivity index (χ4v) is 3.39. The minimum atomic E-state index is 0.534. The van der Waals surface area contributed by atoms with Crippen molar-refractivity contribution in [2.75, 3.05) is 20.2 Å². The molecule has 118 valence electrons. The Hall–Kier alpha value is -1.06. The molecule has 1 aromatic rings. The zero-order chi connectivity index (χ0) is 15.1. The molecule has 3 nitrogen and oxygen atoms in total. The normalized spacial score (nSPS) is 20.2. The number of likely N-dealkylation sites (tertiary alicyclic amines) is 1. The highest BCUT2D eigenvalue weighted by atomic mass is 16.5. The van der Waals surface area contributed by atoms with Crippen molar-refractivity contribution < 1.29 is 4.74 Å². The second-order valence-corrected chi connectivity index (χ2v) is 6.21. The Morgan fingerprint density at radius 1 is 1.29 bits per heavy atom. The summed E-state index contributed by atoms with van der Waals surface area (Å²) >= 11 is 0. The van der Waals surface area contributed by atoms with Crippen LogP contribution in [0.25, 0.3) is 0 Å². The van der Waals surface area contributed by atoms with E-state index >= 15 is 0 Å². The van der Waals surface area contributed by atoms with Gasteiger partial charge in [-0.05, 0) is 49.9 Å². The average Bonchev–Trinajstić information content (AvgIpc) is 2.73. The first-order chi connectivity index (χ1) is 10.3. The van der Waals surface area contributed by atoms with Crippen molar-refractivity contribution in [3.63, 3.8) is 0 Å². The van der Waals surface area contributed by atoms with E-state index in [1.165, 1.54) is 50.8 Å². The van der Waals surface area contributed by atoms with Gasteiger partial charge in [0.2, 0.25) is 0 Å². The van der Waals surface area contributed by atoms with Gasteiger partial charge < -0.3 is 10.5 Å². The van der Waals surface area contributed by atoms with Crippen LogP contribution in [0.15, 0.2) is 18.2 Å². The maximum absolute atomic E-state index is 5.73.